The van der Waals surface area contributed by atoms with Crippen LogP contribution in [0.5, 0.6) is 0 Å². The van der Waals surface area contributed by atoms with Crippen LogP contribution in [0.4, 0.5) is 11.5 Å². The standard InChI is InChI=1S/C20H22N8O4S/c1-14(29)26-33(31,32)17-4-2-16(3-5-17)23-20(30)15-8-10-27(11-9-15)18-6-7-19(25-24-18)28-13-21-12-22-28/h2-7,12-13,15H,8-11H2,1H3,(H,23,30)(H,26,29). The zero-order chi connectivity index (χ0) is 23.4. The number of nitrogens with one attached hydrogen (secondary N) is 2. The molecule has 172 valence electrons. The number of amides is 2. The van der Waals surface area contributed by atoms with Crippen molar-refractivity contribution in [2.45, 2.75) is 24.7 Å². The molecule has 13 heteroatoms. The molecule has 33 heavy (non-hydrogen) atoms. The zero-order valence-corrected chi connectivity index (χ0v) is 18.6. The monoisotopic (exact) mass is 470 g/mol. The minimum atomic E-state index is -3.91. The van der Waals surface area contributed by atoms with Gasteiger partial charge in [0.25, 0.3) is 10.0 Å². The van der Waals surface area contributed by atoms with Crippen molar-refractivity contribution in [2.24, 2.45) is 5.92 Å². The maximum Gasteiger partial charge on any atom is 0.264 e. The van der Waals surface area contributed by atoms with Gasteiger partial charge in [-0.3, -0.25) is 9.59 Å². The van der Waals surface area contributed by atoms with Gasteiger partial charge in [-0.05, 0) is 49.2 Å². The highest BCUT2D eigenvalue weighted by Gasteiger charge is 2.26. The van der Waals surface area contributed by atoms with Gasteiger partial charge in [0.2, 0.25) is 11.8 Å². The van der Waals surface area contributed by atoms with Crippen LogP contribution < -0.4 is 14.9 Å². The van der Waals surface area contributed by atoms with Gasteiger partial charge in [-0.1, -0.05) is 0 Å². The predicted octanol–water partition coefficient (Wildman–Crippen LogP) is 0.737. The lowest BCUT2D eigenvalue weighted by Gasteiger charge is -2.31. The normalized spacial score (nSPS) is 14.6. The summed E-state index contributed by atoms with van der Waals surface area (Å²) in [7, 11) is -3.91. The van der Waals surface area contributed by atoms with Crippen molar-refractivity contribution in [3.63, 3.8) is 0 Å². The first-order valence-corrected chi connectivity index (χ1v) is 11.7. The van der Waals surface area contributed by atoms with Crippen LogP contribution in [-0.4, -0.2) is 58.3 Å². The first kappa shape index (κ1) is 22.3. The lowest BCUT2D eigenvalue weighted by atomic mass is 9.96. The number of benzene rings is 1. The molecule has 12 nitrogen and oxygen atoms in total. The average molecular weight is 471 g/mol. The summed E-state index contributed by atoms with van der Waals surface area (Å²) in [6, 6.07) is 9.34. The summed E-state index contributed by atoms with van der Waals surface area (Å²) in [5, 5.41) is 15.3. The molecule has 0 radical (unpaired) electrons. The Morgan fingerprint density at radius 2 is 1.67 bits per heavy atom. The second-order valence-corrected chi connectivity index (χ2v) is 9.21. The molecule has 3 heterocycles. The molecule has 0 saturated carbocycles. The Labute approximate surface area is 190 Å². The van der Waals surface area contributed by atoms with E-state index < -0.39 is 15.9 Å². The van der Waals surface area contributed by atoms with Crippen molar-refractivity contribution in [1.29, 1.82) is 0 Å². The van der Waals surface area contributed by atoms with E-state index in [2.05, 4.69) is 30.5 Å². The molecule has 0 bridgehead atoms. The van der Waals surface area contributed by atoms with Gasteiger partial charge < -0.3 is 10.2 Å². The highest BCUT2D eigenvalue weighted by Crippen LogP contribution is 2.23. The van der Waals surface area contributed by atoms with Gasteiger partial charge in [0, 0.05) is 31.6 Å². The molecule has 0 unspecified atom stereocenters. The smallest absolute Gasteiger partial charge is 0.264 e. The molecular weight excluding hydrogens is 448 g/mol. The number of carbonyl (C=O) groups excluding carboxylic acids is 2. The number of hydrogen-bond donors (Lipinski definition) is 2. The number of sulfonamides is 1. The SMILES string of the molecule is CC(=O)NS(=O)(=O)c1ccc(NC(=O)C2CCN(c3ccc(-n4cncn4)nn3)CC2)cc1. The number of carbonyl (C=O) groups is 2. The number of rotatable bonds is 6. The Morgan fingerprint density at radius 3 is 2.24 bits per heavy atom. The summed E-state index contributed by atoms with van der Waals surface area (Å²) in [4.78, 5) is 29.6. The number of anilines is 2. The van der Waals surface area contributed by atoms with Gasteiger partial charge in [-0.15, -0.1) is 10.2 Å². The fourth-order valence-corrected chi connectivity index (χ4v) is 4.51. The lowest BCUT2D eigenvalue weighted by molar-refractivity contribution is -0.120. The maximum atomic E-state index is 12.7. The number of aromatic nitrogens is 5. The molecule has 0 spiro atoms. The minimum Gasteiger partial charge on any atom is -0.355 e. The van der Waals surface area contributed by atoms with Crippen LogP contribution >= 0.6 is 0 Å². The summed E-state index contributed by atoms with van der Waals surface area (Å²) < 4.78 is 27.4. The van der Waals surface area contributed by atoms with Crippen molar-refractivity contribution in [1.82, 2.24) is 29.7 Å². The van der Waals surface area contributed by atoms with E-state index in [4.69, 9.17) is 0 Å². The number of nitrogens with zero attached hydrogens (tertiary/aromatic N) is 6. The Hall–Kier alpha value is -3.87. The van der Waals surface area contributed by atoms with Crippen molar-refractivity contribution >= 4 is 33.3 Å². The third-order valence-electron chi connectivity index (χ3n) is 5.19. The van der Waals surface area contributed by atoms with Crippen molar-refractivity contribution in [2.75, 3.05) is 23.3 Å². The largest absolute Gasteiger partial charge is 0.355 e. The number of hydrogen-bond acceptors (Lipinski definition) is 9. The topological polar surface area (TPSA) is 152 Å². The van der Waals surface area contributed by atoms with Crippen LogP contribution in [0.3, 0.4) is 0 Å². The van der Waals surface area contributed by atoms with Crippen LogP contribution in [-0.2, 0) is 19.6 Å². The fraction of sp³-hybridized carbons (Fsp3) is 0.300. The van der Waals surface area contributed by atoms with E-state index in [0.29, 0.717) is 37.4 Å². The minimum absolute atomic E-state index is 0.0556. The predicted molar refractivity (Wildman–Crippen MR) is 118 cm³/mol. The molecule has 1 aliphatic rings. The molecule has 2 N–H and O–H groups in total. The molecule has 1 fully saturated rings. The molecule has 2 amide bonds. The number of piperidine rings is 1. The molecule has 3 aromatic rings. The van der Waals surface area contributed by atoms with Gasteiger partial charge in [-0.2, -0.15) is 5.10 Å². The van der Waals surface area contributed by atoms with E-state index in [0.717, 1.165) is 12.7 Å². The van der Waals surface area contributed by atoms with Crippen LogP contribution in [0.1, 0.15) is 19.8 Å². The summed E-state index contributed by atoms with van der Waals surface area (Å²) in [5.74, 6) is 0.331. The summed E-state index contributed by atoms with van der Waals surface area (Å²) in [5.41, 5.74) is 0.485. The molecule has 1 saturated heterocycles. The summed E-state index contributed by atoms with van der Waals surface area (Å²) >= 11 is 0. The van der Waals surface area contributed by atoms with Gasteiger partial charge in [-0.25, -0.2) is 22.8 Å². The highest BCUT2D eigenvalue weighted by molar-refractivity contribution is 7.90. The molecule has 1 aromatic carbocycles. The first-order chi connectivity index (χ1) is 15.8. The van der Waals surface area contributed by atoms with Crippen molar-refractivity contribution in [3.05, 3.63) is 49.1 Å². The molecule has 0 aliphatic carbocycles. The van der Waals surface area contributed by atoms with E-state index in [1.165, 1.54) is 35.3 Å². The maximum absolute atomic E-state index is 12.7. The Morgan fingerprint density at radius 1 is 1.00 bits per heavy atom. The van der Waals surface area contributed by atoms with Crippen LogP contribution in [0.25, 0.3) is 5.82 Å². The lowest BCUT2D eigenvalue weighted by Crippen LogP contribution is -2.38. The van der Waals surface area contributed by atoms with Crippen LogP contribution in [0, 0.1) is 5.92 Å². The quantitative estimate of drug-likeness (QED) is 0.531. The van der Waals surface area contributed by atoms with Gasteiger partial charge in [0.05, 0.1) is 4.90 Å². The average Bonchev–Trinajstić information content (AvgIpc) is 3.34. The highest BCUT2D eigenvalue weighted by atomic mass is 32.2. The van der Waals surface area contributed by atoms with E-state index in [9.17, 15) is 18.0 Å². The van der Waals surface area contributed by atoms with E-state index >= 15 is 0 Å². The van der Waals surface area contributed by atoms with Gasteiger partial charge >= 0.3 is 0 Å². The van der Waals surface area contributed by atoms with Crippen molar-refractivity contribution in [3.8, 4) is 5.82 Å². The van der Waals surface area contributed by atoms with E-state index in [1.54, 1.807) is 6.33 Å². The van der Waals surface area contributed by atoms with E-state index in [1.807, 2.05) is 16.9 Å². The second-order valence-electron chi connectivity index (χ2n) is 7.53. The summed E-state index contributed by atoms with van der Waals surface area (Å²) in [6.07, 6.45) is 4.26. The second kappa shape index (κ2) is 9.32. The Kier molecular flexibility index (Phi) is 6.31. The molecule has 4 rings (SSSR count). The Balaban J connectivity index is 1.31. The van der Waals surface area contributed by atoms with Crippen molar-refractivity contribution < 1.29 is 18.0 Å². The Bertz CT molecular complexity index is 1220. The van der Waals surface area contributed by atoms with E-state index in [-0.39, 0.29) is 16.7 Å². The third kappa shape index (κ3) is 5.31. The first-order valence-electron chi connectivity index (χ1n) is 10.2. The molecule has 1 aliphatic heterocycles. The van der Waals surface area contributed by atoms with Gasteiger partial charge in [0.15, 0.2) is 11.6 Å². The zero-order valence-electron chi connectivity index (χ0n) is 17.7. The van der Waals surface area contributed by atoms with Gasteiger partial charge in [0.1, 0.15) is 12.7 Å². The third-order valence-corrected chi connectivity index (χ3v) is 6.64. The van der Waals surface area contributed by atoms with Crippen LogP contribution in [0.15, 0.2) is 53.9 Å². The summed E-state index contributed by atoms with van der Waals surface area (Å²) in [6.45, 7) is 2.44. The molecule has 2 aromatic heterocycles. The van der Waals surface area contributed by atoms with Crippen LogP contribution in [0.2, 0.25) is 0 Å². The fourth-order valence-electron chi connectivity index (χ4n) is 3.52. The molecule has 0 atom stereocenters. The molecular formula is C20H22N8O4S.